The van der Waals surface area contributed by atoms with Crippen LogP contribution in [0.3, 0.4) is 0 Å². The van der Waals surface area contributed by atoms with Crippen LogP contribution in [0, 0.1) is 0 Å². The summed E-state index contributed by atoms with van der Waals surface area (Å²) in [5, 5.41) is 0. The summed E-state index contributed by atoms with van der Waals surface area (Å²) >= 11 is 0. The van der Waals surface area contributed by atoms with Crippen molar-refractivity contribution in [3.63, 3.8) is 0 Å². The van der Waals surface area contributed by atoms with Crippen LogP contribution in [0.2, 0.25) is 0 Å². The Bertz CT molecular complexity index is 232. The summed E-state index contributed by atoms with van der Waals surface area (Å²) in [6, 6.07) is 0. The Morgan fingerprint density at radius 3 is 1.60 bits per heavy atom. The molecular weight excluding hydrogens is 278 g/mol. The SMILES string of the molecule is PC1CCCCCCCC1PC1CCCCCCCC1. The van der Waals surface area contributed by atoms with Gasteiger partial charge in [0, 0.05) is 0 Å². The van der Waals surface area contributed by atoms with Gasteiger partial charge in [0.25, 0.3) is 0 Å². The minimum absolute atomic E-state index is 0.930. The molecule has 0 aromatic carbocycles. The molecule has 0 spiro atoms. The van der Waals surface area contributed by atoms with Gasteiger partial charge >= 0.3 is 0 Å². The van der Waals surface area contributed by atoms with E-state index in [1.54, 1.807) is 12.8 Å². The van der Waals surface area contributed by atoms with E-state index >= 15 is 0 Å². The lowest BCUT2D eigenvalue weighted by molar-refractivity contribution is 0.610. The van der Waals surface area contributed by atoms with Gasteiger partial charge in [-0.2, -0.15) is 0 Å². The van der Waals surface area contributed by atoms with Crippen LogP contribution in [0.15, 0.2) is 0 Å². The van der Waals surface area contributed by atoms with E-state index in [-0.39, 0.29) is 0 Å². The molecule has 2 aliphatic carbocycles. The van der Waals surface area contributed by atoms with Crippen molar-refractivity contribution in [3.05, 3.63) is 0 Å². The van der Waals surface area contributed by atoms with Gasteiger partial charge < -0.3 is 0 Å². The van der Waals surface area contributed by atoms with Crippen molar-refractivity contribution in [1.29, 1.82) is 0 Å². The largest absolute Gasteiger partial charge is 0.134 e. The average Bonchev–Trinajstić information content (AvgIpc) is 2.63. The van der Waals surface area contributed by atoms with E-state index in [1.807, 2.05) is 0 Å². The predicted molar refractivity (Wildman–Crippen MR) is 98.6 cm³/mol. The first kappa shape index (κ1) is 17.2. The van der Waals surface area contributed by atoms with Crippen LogP contribution < -0.4 is 0 Å². The molecule has 0 bridgehead atoms. The predicted octanol–water partition coefficient (Wildman–Crippen LogP) is 6.52. The molecule has 2 heteroatoms. The molecular formula is C18H36P2. The van der Waals surface area contributed by atoms with Crippen molar-refractivity contribution in [2.24, 2.45) is 0 Å². The molecule has 2 aliphatic rings. The third-order valence-electron chi connectivity index (χ3n) is 5.37. The molecule has 2 saturated carbocycles. The molecule has 4 unspecified atom stereocenters. The zero-order chi connectivity index (χ0) is 14.0. The average molecular weight is 314 g/mol. The summed E-state index contributed by atoms with van der Waals surface area (Å²) < 4.78 is 0. The Hall–Kier alpha value is 0.860. The zero-order valence-electron chi connectivity index (χ0n) is 13.4. The van der Waals surface area contributed by atoms with E-state index in [0.29, 0.717) is 0 Å². The summed E-state index contributed by atoms with van der Waals surface area (Å²) in [6.45, 7) is 0. The lowest BCUT2D eigenvalue weighted by Gasteiger charge is -2.28. The van der Waals surface area contributed by atoms with Crippen molar-refractivity contribution in [3.8, 4) is 0 Å². The lowest BCUT2D eigenvalue weighted by Crippen LogP contribution is -2.19. The van der Waals surface area contributed by atoms with Gasteiger partial charge in [0.05, 0.1) is 0 Å². The third-order valence-corrected chi connectivity index (χ3v) is 8.75. The Morgan fingerprint density at radius 2 is 1.00 bits per heavy atom. The molecule has 0 nitrogen and oxygen atoms in total. The standard InChI is InChI=1S/C18H36P2/c19-17-14-10-6-3-7-11-15-18(17)20-16-12-8-4-1-2-5-9-13-16/h16-18,20H,1-15,19H2. The molecule has 0 saturated heterocycles. The van der Waals surface area contributed by atoms with Crippen molar-refractivity contribution in [1.82, 2.24) is 0 Å². The second-order valence-corrected chi connectivity index (χ2v) is 9.93. The van der Waals surface area contributed by atoms with Crippen LogP contribution in [0.4, 0.5) is 0 Å². The first-order valence-corrected chi connectivity index (χ1v) is 11.2. The normalized spacial score (nSPS) is 32.9. The monoisotopic (exact) mass is 314 g/mol. The molecule has 2 rings (SSSR count). The quantitative estimate of drug-likeness (QED) is 0.509. The van der Waals surface area contributed by atoms with Gasteiger partial charge in [-0.25, -0.2) is 0 Å². The topological polar surface area (TPSA) is 0 Å². The van der Waals surface area contributed by atoms with Gasteiger partial charge in [-0.3, -0.25) is 0 Å². The van der Waals surface area contributed by atoms with E-state index < -0.39 is 0 Å². The van der Waals surface area contributed by atoms with E-state index in [4.69, 9.17) is 0 Å². The number of hydrogen-bond acceptors (Lipinski definition) is 0. The molecule has 0 amide bonds. The minimum Gasteiger partial charge on any atom is -0.134 e. The van der Waals surface area contributed by atoms with Gasteiger partial charge in [-0.1, -0.05) is 70.6 Å². The maximum absolute atomic E-state index is 3.23. The molecule has 0 heterocycles. The number of hydrogen-bond donors (Lipinski definition) is 0. The van der Waals surface area contributed by atoms with Gasteiger partial charge in [0.15, 0.2) is 0 Å². The van der Waals surface area contributed by atoms with Crippen LogP contribution in [-0.2, 0) is 0 Å². The molecule has 118 valence electrons. The second kappa shape index (κ2) is 10.6. The fourth-order valence-electron chi connectivity index (χ4n) is 4.00. The molecule has 0 aromatic rings. The maximum Gasteiger partial charge on any atom is -0.0171 e. The van der Waals surface area contributed by atoms with Gasteiger partial charge in [-0.15, -0.1) is 17.8 Å². The highest BCUT2D eigenvalue weighted by Crippen LogP contribution is 2.41. The molecule has 0 N–H and O–H groups in total. The van der Waals surface area contributed by atoms with Crippen LogP contribution in [0.25, 0.3) is 0 Å². The Kier molecular flexibility index (Phi) is 9.09. The van der Waals surface area contributed by atoms with E-state index in [2.05, 4.69) is 9.24 Å². The smallest absolute Gasteiger partial charge is 0.0171 e. The van der Waals surface area contributed by atoms with Gasteiger partial charge in [-0.05, 0) is 42.7 Å². The summed E-state index contributed by atoms with van der Waals surface area (Å²) in [5.41, 5.74) is 3.06. The van der Waals surface area contributed by atoms with Gasteiger partial charge in [0.1, 0.15) is 0 Å². The summed E-state index contributed by atoms with van der Waals surface area (Å²) in [6.07, 6.45) is 22.7. The second-order valence-electron chi connectivity index (χ2n) is 7.18. The lowest BCUT2D eigenvalue weighted by atomic mass is 10.1. The Labute approximate surface area is 131 Å². The Balaban J connectivity index is 1.82. The molecule has 20 heavy (non-hydrogen) atoms. The van der Waals surface area contributed by atoms with Crippen molar-refractivity contribution < 1.29 is 0 Å². The first-order valence-electron chi connectivity index (χ1n) is 9.38. The third kappa shape index (κ3) is 6.75. The zero-order valence-corrected chi connectivity index (χ0v) is 15.6. The number of rotatable bonds is 2. The van der Waals surface area contributed by atoms with Crippen LogP contribution >= 0.6 is 17.8 Å². The Morgan fingerprint density at radius 1 is 0.550 bits per heavy atom. The van der Waals surface area contributed by atoms with E-state index in [0.717, 1.165) is 17.0 Å². The van der Waals surface area contributed by atoms with Crippen molar-refractivity contribution in [2.75, 3.05) is 0 Å². The van der Waals surface area contributed by atoms with Crippen LogP contribution in [-0.4, -0.2) is 17.0 Å². The van der Waals surface area contributed by atoms with Gasteiger partial charge in [0.2, 0.25) is 0 Å². The molecule has 2 fully saturated rings. The van der Waals surface area contributed by atoms with Crippen molar-refractivity contribution in [2.45, 2.75) is 113 Å². The summed E-state index contributed by atoms with van der Waals surface area (Å²) in [7, 11) is 4.50. The maximum atomic E-state index is 3.23. The highest BCUT2D eigenvalue weighted by molar-refractivity contribution is 7.40. The molecule has 0 radical (unpaired) electrons. The molecule has 4 atom stereocenters. The van der Waals surface area contributed by atoms with Crippen LogP contribution in [0.5, 0.6) is 0 Å². The molecule has 0 aliphatic heterocycles. The highest BCUT2D eigenvalue weighted by Gasteiger charge is 2.22. The minimum atomic E-state index is 0.930. The highest BCUT2D eigenvalue weighted by atomic mass is 31.1. The van der Waals surface area contributed by atoms with Crippen molar-refractivity contribution >= 4 is 17.8 Å². The summed E-state index contributed by atoms with van der Waals surface area (Å²) in [5.74, 6) is 0. The van der Waals surface area contributed by atoms with E-state index in [1.165, 1.54) is 92.1 Å². The summed E-state index contributed by atoms with van der Waals surface area (Å²) in [4.78, 5) is 0. The molecule has 0 aromatic heterocycles. The fourth-order valence-corrected chi connectivity index (χ4v) is 6.89. The first-order chi connectivity index (χ1) is 9.86. The fraction of sp³-hybridized carbons (Fsp3) is 1.00. The van der Waals surface area contributed by atoms with Crippen LogP contribution in [0.1, 0.15) is 96.3 Å². The van der Waals surface area contributed by atoms with E-state index in [9.17, 15) is 0 Å².